The summed E-state index contributed by atoms with van der Waals surface area (Å²) in [5.41, 5.74) is 0.437. The molecule has 0 saturated carbocycles. The molecule has 0 aromatic carbocycles. The predicted octanol–water partition coefficient (Wildman–Crippen LogP) is 1.44. The molecule has 2 aliphatic rings. The molecule has 0 bridgehead atoms. The number of rotatable bonds is 3. The Hall–Kier alpha value is -1.89. The topological polar surface area (TPSA) is 67.7 Å². The summed E-state index contributed by atoms with van der Waals surface area (Å²) in [6.07, 6.45) is 6.79. The standard InChI is InChI=1S/C18H28N4O3/c1-4-22(14(2)23)16-5-10-25-18(11-16)6-8-21(9-7-18)17(24)15-12-19-20(3)13-15/h12-13,16H,4-11H2,1-3H3. The Morgan fingerprint density at radius 2 is 2.12 bits per heavy atom. The van der Waals surface area contributed by atoms with Crippen LogP contribution >= 0.6 is 0 Å². The third kappa shape index (κ3) is 3.71. The van der Waals surface area contributed by atoms with Crippen LogP contribution in [0.5, 0.6) is 0 Å². The summed E-state index contributed by atoms with van der Waals surface area (Å²) in [4.78, 5) is 28.3. The van der Waals surface area contributed by atoms with Gasteiger partial charge in [-0.2, -0.15) is 5.10 Å². The molecule has 2 aliphatic heterocycles. The number of amides is 2. The minimum atomic E-state index is -0.197. The molecule has 138 valence electrons. The molecule has 1 aromatic rings. The molecular weight excluding hydrogens is 320 g/mol. The van der Waals surface area contributed by atoms with Gasteiger partial charge >= 0.3 is 0 Å². The molecular formula is C18H28N4O3. The van der Waals surface area contributed by atoms with Crippen molar-refractivity contribution in [2.75, 3.05) is 26.2 Å². The molecule has 1 spiro atoms. The van der Waals surface area contributed by atoms with Gasteiger partial charge in [0.1, 0.15) is 0 Å². The molecule has 2 saturated heterocycles. The Balaban J connectivity index is 1.62. The predicted molar refractivity (Wildman–Crippen MR) is 93.1 cm³/mol. The third-order valence-corrected chi connectivity index (χ3v) is 5.57. The second-order valence-corrected chi connectivity index (χ2v) is 7.18. The summed E-state index contributed by atoms with van der Waals surface area (Å²) < 4.78 is 7.80. The number of carbonyl (C=O) groups is 2. The maximum absolute atomic E-state index is 12.6. The van der Waals surface area contributed by atoms with E-state index in [-0.39, 0.29) is 23.5 Å². The summed E-state index contributed by atoms with van der Waals surface area (Å²) in [5.74, 6) is 0.169. The van der Waals surface area contributed by atoms with Gasteiger partial charge in [-0.1, -0.05) is 0 Å². The van der Waals surface area contributed by atoms with Crippen molar-refractivity contribution in [2.45, 2.75) is 51.2 Å². The molecule has 1 unspecified atom stereocenters. The van der Waals surface area contributed by atoms with Gasteiger partial charge in [-0.15, -0.1) is 0 Å². The van der Waals surface area contributed by atoms with Gasteiger partial charge in [0.2, 0.25) is 5.91 Å². The fourth-order valence-electron chi connectivity index (χ4n) is 4.19. The zero-order chi connectivity index (χ0) is 18.0. The van der Waals surface area contributed by atoms with Crippen molar-refractivity contribution in [2.24, 2.45) is 7.05 Å². The highest BCUT2D eigenvalue weighted by molar-refractivity contribution is 5.93. The number of likely N-dealkylation sites (tertiary alicyclic amines) is 1. The first-order valence-electron chi connectivity index (χ1n) is 9.13. The number of carbonyl (C=O) groups excluding carboxylic acids is 2. The van der Waals surface area contributed by atoms with Crippen LogP contribution in [0.3, 0.4) is 0 Å². The molecule has 3 rings (SSSR count). The number of ether oxygens (including phenoxy) is 1. The van der Waals surface area contributed by atoms with Crippen LogP contribution < -0.4 is 0 Å². The Morgan fingerprint density at radius 3 is 2.68 bits per heavy atom. The van der Waals surface area contributed by atoms with Crippen LogP contribution in [0.1, 0.15) is 49.9 Å². The smallest absolute Gasteiger partial charge is 0.257 e. The van der Waals surface area contributed by atoms with Gasteiger partial charge in [-0.3, -0.25) is 14.3 Å². The second-order valence-electron chi connectivity index (χ2n) is 7.18. The van der Waals surface area contributed by atoms with Crippen LogP contribution in [0.4, 0.5) is 0 Å². The average molecular weight is 348 g/mol. The molecule has 7 nitrogen and oxygen atoms in total. The third-order valence-electron chi connectivity index (χ3n) is 5.57. The highest BCUT2D eigenvalue weighted by atomic mass is 16.5. The van der Waals surface area contributed by atoms with Crippen molar-refractivity contribution in [3.05, 3.63) is 18.0 Å². The van der Waals surface area contributed by atoms with Gasteiger partial charge in [0.25, 0.3) is 5.91 Å². The zero-order valence-corrected chi connectivity index (χ0v) is 15.4. The molecule has 3 heterocycles. The van der Waals surface area contributed by atoms with Crippen LogP contribution in [0, 0.1) is 0 Å². The minimum absolute atomic E-state index is 0.0363. The lowest BCUT2D eigenvalue weighted by Gasteiger charge is -2.48. The lowest BCUT2D eigenvalue weighted by Crippen LogP contribution is -2.55. The number of nitrogens with zero attached hydrogens (tertiary/aromatic N) is 4. The van der Waals surface area contributed by atoms with Crippen LogP contribution in [-0.2, 0) is 16.6 Å². The number of aromatic nitrogens is 2. The molecule has 25 heavy (non-hydrogen) atoms. The Kier molecular flexibility index (Phi) is 5.13. The van der Waals surface area contributed by atoms with E-state index < -0.39 is 0 Å². The summed E-state index contributed by atoms with van der Waals surface area (Å²) in [6.45, 7) is 6.46. The Bertz CT molecular complexity index is 634. The summed E-state index contributed by atoms with van der Waals surface area (Å²) >= 11 is 0. The first kappa shape index (κ1) is 17.9. The van der Waals surface area contributed by atoms with Crippen LogP contribution in [0.15, 0.2) is 12.4 Å². The van der Waals surface area contributed by atoms with Crippen molar-refractivity contribution in [3.8, 4) is 0 Å². The van der Waals surface area contributed by atoms with Gasteiger partial charge in [-0.05, 0) is 32.6 Å². The van der Waals surface area contributed by atoms with Gasteiger partial charge in [0.05, 0.1) is 17.4 Å². The molecule has 0 aliphatic carbocycles. The van der Waals surface area contributed by atoms with E-state index in [1.807, 2.05) is 23.8 Å². The van der Waals surface area contributed by atoms with Crippen LogP contribution in [-0.4, -0.2) is 69.3 Å². The maximum atomic E-state index is 12.6. The van der Waals surface area contributed by atoms with Crippen molar-refractivity contribution in [1.29, 1.82) is 0 Å². The molecule has 0 N–H and O–H groups in total. The largest absolute Gasteiger partial charge is 0.375 e. The molecule has 2 fully saturated rings. The minimum Gasteiger partial charge on any atom is -0.375 e. The molecule has 2 amide bonds. The van der Waals surface area contributed by atoms with Crippen molar-refractivity contribution < 1.29 is 14.3 Å². The van der Waals surface area contributed by atoms with Crippen molar-refractivity contribution in [3.63, 3.8) is 0 Å². The van der Waals surface area contributed by atoms with Crippen LogP contribution in [0.25, 0.3) is 0 Å². The van der Waals surface area contributed by atoms with Crippen molar-refractivity contribution in [1.82, 2.24) is 19.6 Å². The van der Waals surface area contributed by atoms with Crippen LogP contribution in [0.2, 0.25) is 0 Å². The second kappa shape index (κ2) is 7.15. The number of aryl methyl sites for hydroxylation is 1. The maximum Gasteiger partial charge on any atom is 0.257 e. The highest BCUT2D eigenvalue weighted by Crippen LogP contribution is 2.37. The highest BCUT2D eigenvalue weighted by Gasteiger charge is 2.42. The quantitative estimate of drug-likeness (QED) is 0.829. The summed E-state index contributed by atoms with van der Waals surface area (Å²) in [7, 11) is 1.81. The normalized spacial score (nSPS) is 22.8. The van der Waals surface area contributed by atoms with Gasteiger partial charge in [0.15, 0.2) is 0 Å². The number of piperidine rings is 1. The fraction of sp³-hybridized carbons (Fsp3) is 0.722. The fourth-order valence-corrected chi connectivity index (χ4v) is 4.19. The van der Waals surface area contributed by atoms with E-state index >= 15 is 0 Å². The van der Waals surface area contributed by atoms with Gasteiger partial charge in [-0.25, -0.2) is 0 Å². The Labute approximate surface area is 148 Å². The van der Waals surface area contributed by atoms with Gasteiger partial charge in [0, 0.05) is 52.5 Å². The van der Waals surface area contributed by atoms with E-state index in [2.05, 4.69) is 5.10 Å². The average Bonchev–Trinajstić information content (AvgIpc) is 3.02. The first-order chi connectivity index (χ1) is 11.9. The van der Waals surface area contributed by atoms with E-state index in [0.717, 1.165) is 32.2 Å². The van der Waals surface area contributed by atoms with E-state index in [1.54, 1.807) is 24.0 Å². The summed E-state index contributed by atoms with van der Waals surface area (Å²) in [5, 5.41) is 4.08. The zero-order valence-electron chi connectivity index (χ0n) is 15.4. The SMILES string of the molecule is CCN(C(C)=O)C1CCOC2(CCN(C(=O)c3cnn(C)c3)CC2)C1. The van der Waals surface area contributed by atoms with E-state index in [0.29, 0.717) is 25.3 Å². The molecule has 1 aromatic heterocycles. The van der Waals surface area contributed by atoms with E-state index in [1.165, 1.54) is 0 Å². The molecule has 7 heteroatoms. The summed E-state index contributed by atoms with van der Waals surface area (Å²) in [6, 6.07) is 0.247. The lowest BCUT2D eigenvalue weighted by atomic mass is 9.81. The first-order valence-corrected chi connectivity index (χ1v) is 9.13. The number of hydrogen-bond acceptors (Lipinski definition) is 4. The van der Waals surface area contributed by atoms with E-state index in [9.17, 15) is 9.59 Å². The van der Waals surface area contributed by atoms with Gasteiger partial charge < -0.3 is 14.5 Å². The number of hydrogen-bond donors (Lipinski definition) is 0. The van der Waals surface area contributed by atoms with Crippen molar-refractivity contribution >= 4 is 11.8 Å². The molecule has 1 atom stereocenters. The Morgan fingerprint density at radius 1 is 1.40 bits per heavy atom. The van der Waals surface area contributed by atoms with E-state index in [4.69, 9.17) is 4.74 Å². The lowest BCUT2D eigenvalue weighted by molar-refractivity contribution is -0.147. The monoisotopic (exact) mass is 348 g/mol. The molecule has 0 radical (unpaired) electrons.